The number of benzene rings is 2. The summed E-state index contributed by atoms with van der Waals surface area (Å²) < 4.78 is 6.63. The number of thiophene rings is 1. The van der Waals surface area contributed by atoms with Gasteiger partial charge in [0.1, 0.15) is 16.6 Å². The lowest BCUT2D eigenvalue weighted by molar-refractivity contribution is -0.118. The molecule has 0 fully saturated rings. The molecule has 0 bridgehead atoms. The lowest BCUT2D eigenvalue weighted by Gasteiger charge is -2.18. The molecule has 1 amide bonds. The molecular weight excluding hydrogens is 422 g/mol. The third-order valence-corrected chi connectivity index (χ3v) is 6.53. The highest BCUT2D eigenvalue weighted by Crippen LogP contribution is 2.32. The van der Waals surface area contributed by atoms with Crippen LogP contribution >= 0.6 is 11.3 Å². The summed E-state index contributed by atoms with van der Waals surface area (Å²) in [5, 5.41) is 5.44. The zero-order valence-electron chi connectivity index (χ0n) is 18.7. The lowest BCUT2D eigenvalue weighted by atomic mass is 10.0. The predicted molar refractivity (Wildman–Crippen MR) is 130 cm³/mol. The minimum absolute atomic E-state index is 0.234. The first kappa shape index (κ1) is 21.8. The molecule has 1 N–H and O–H groups in total. The Hall–Kier alpha value is -3.45. The second-order valence-electron chi connectivity index (χ2n) is 7.95. The highest BCUT2D eigenvalue weighted by atomic mass is 32.1. The topological polar surface area (TPSA) is 73.2 Å². The van der Waals surface area contributed by atoms with E-state index < -0.39 is 6.04 Å². The van der Waals surface area contributed by atoms with Crippen molar-refractivity contribution >= 4 is 33.1 Å². The minimum atomic E-state index is -0.719. The summed E-state index contributed by atoms with van der Waals surface area (Å²) in [5.41, 5.74) is 5.37. The van der Waals surface area contributed by atoms with E-state index in [1.54, 1.807) is 14.0 Å². The summed E-state index contributed by atoms with van der Waals surface area (Å²) in [7, 11) is 1.61. The van der Waals surface area contributed by atoms with Crippen LogP contribution in [0.5, 0.6) is 5.75 Å². The standard InChI is InChI=1S/C25H25N3O3S/c1-14-10-15(2)22(16(3)11-14)27-23(29)17(4)28-13-26-24-21(25(28)30)20(12-32-24)18-6-8-19(31-5)9-7-18/h6-13,17H,1-5H3,(H,27,29). The Morgan fingerprint density at radius 1 is 1.12 bits per heavy atom. The van der Waals surface area contributed by atoms with Crippen LogP contribution in [0.1, 0.15) is 29.7 Å². The van der Waals surface area contributed by atoms with E-state index in [0.717, 1.165) is 39.3 Å². The Labute approximate surface area is 190 Å². The summed E-state index contributed by atoms with van der Waals surface area (Å²) in [4.78, 5) is 31.6. The number of amides is 1. The number of hydrogen-bond acceptors (Lipinski definition) is 5. The molecule has 32 heavy (non-hydrogen) atoms. The number of ether oxygens (including phenoxy) is 1. The molecule has 6 nitrogen and oxygen atoms in total. The molecular formula is C25H25N3O3S. The van der Waals surface area contributed by atoms with Crippen LogP contribution < -0.4 is 15.6 Å². The number of aromatic nitrogens is 2. The molecule has 0 aliphatic rings. The molecule has 1 unspecified atom stereocenters. The van der Waals surface area contributed by atoms with E-state index in [1.807, 2.05) is 62.5 Å². The lowest BCUT2D eigenvalue weighted by Crippen LogP contribution is -2.32. The second kappa shape index (κ2) is 8.59. The van der Waals surface area contributed by atoms with E-state index in [0.29, 0.717) is 10.2 Å². The van der Waals surface area contributed by atoms with Gasteiger partial charge in [0.25, 0.3) is 5.56 Å². The highest BCUT2D eigenvalue weighted by Gasteiger charge is 2.21. The zero-order chi connectivity index (χ0) is 23.0. The Morgan fingerprint density at radius 3 is 2.41 bits per heavy atom. The smallest absolute Gasteiger partial charge is 0.263 e. The first-order valence-corrected chi connectivity index (χ1v) is 11.2. The number of methoxy groups -OCH3 is 1. The average Bonchev–Trinajstić information content (AvgIpc) is 3.21. The fourth-order valence-corrected chi connectivity index (χ4v) is 4.84. The molecule has 0 aliphatic heterocycles. The minimum Gasteiger partial charge on any atom is -0.497 e. The summed E-state index contributed by atoms with van der Waals surface area (Å²) in [6.07, 6.45) is 1.46. The van der Waals surface area contributed by atoms with Crippen LogP contribution in [-0.2, 0) is 4.79 Å². The molecule has 1 atom stereocenters. The van der Waals surface area contributed by atoms with Gasteiger partial charge in [-0.3, -0.25) is 14.2 Å². The Kier molecular flexibility index (Phi) is 5.84. The van der Waals surface area contributed by atoms with Crippen molar-refractivity contribution in [2.45, 2.75) is 33.7 Å². The highest BCUT2D eigenvalue weighted by molar-refractivity contribution is 7.17. The Bertz CT molecular complexity index is 1350. The van der Waals surface area contributed by atoms with Crippen LogP contribution in [0.3, 0.4) is 0 Å². The van der Waals surface area contributed by atoms with E-state index in [4.69, 9.17) is 4.74 Å². The van der Waals surface area contributed by atoms with Gasteiger partial charge in [0.2, 0.25) is 5.91 Å². The molecule has 0 aliphatic carbocycles. The van der Waals surface area contributed by atoms with Crippen molar-refractivity contribution < 1.29 is 9.53 Å². The molecule has 4 aromatic rings. The van der Waals surface area contributed by atoms with Crippen molar-refractivity contribution in [2.75, 3.05) is 12.4 Å². The van der Waals surface area contributed by atoms with Crippen molar-refractivity contribution in [1.82, 2.24) is 9.55 Å². The van der Waals surface area contributed by atoms with Gasteiger partial charge in [0.05, 0.1) is 18.8 Å². The van der Waals surface area contributed by atoms with Gasteiger partial charge in [0.15, 0.2) is 0 Å². The Morgan fingerprint density at radius 2 is 1.78 bits per heavy atom. The van der Waals surface area contributed by atoms with Crippen molar-refractivity contribution in [3.05, 3.63) is 75.1 Å². The van der Waals surface area contributed by atoms with Gasteiger partial charge in [-0.05, 0) is 56.5 Å². The van der Waals surface area contributed by atoms with Gasteiger partial charge in [-0.25, -0.2) is 4.98 Å². The third-order valence-electron chi connectivity index (χ3n) is 5.64. The average molecular weight is 448 g/mol. The number of aryl methyl sites for hydroxylation is 3. The van der Waals surface area contributed by atoms with Gasteiger partial charge >= 0.3 is 0 Å². The van der Waals surface area contributed by atoms with Crippen LogP contribution in [-0.4, -0.2) is 22.6 Å². The maximum Gasteiger partial charge on any atom is 0.263 e. The second-order valence-corrected chi connectivity index (χ2v) is 8.81. The first-order chi connectivity index (χ1) is 15.3. The number of carbonyl (C=O) groups excluding carboxylic acids is 1. The van der Waals surface area contributed by atoms with E-state index in [1.165, 1.54) is 22.2 Å². The molecule has 2 aromatic carbocycles. The van der Waals surface area contributed by atoms with Gasteiger partial charge in [-0.1, -0.05) is 29.8 Å². The van der Waals surface area contributed by atoms with E-state index in [2.05, 4.69) is 10.3 Å². The summed E-state index contributed by atoms with van der Waals surface area (Å²) in [6, 6.07) is 10.9. The van der Waals surface area contributed by atoms with Gasteiger partial charge in [0, 0.05) is 16.6 Å². The van der Waals surface area contributed by atoms with Crippen LogP contribution in [0, 0.1) is 20.8 Å². The number of rotatable bonds is 5. The van der Waals surface area contributed by atoms with Crippen molar-refractivity contribution in [2.24, 2.45) is 0 Å². The molecule has 2 heterocycles. The molecule has 0 radical (unpaired) electrons. The zero-order valence-corrected chi connectivity index (χ0v) is 19.5. The van der Waals surface area contributed by atoms with E-state index in [9.17, 15) is 9.59 Å². The van der Waals surface area contributed by atoms with Crippen molar-refractivity contribution in [3.8, 4) is 16.9 Å². The van der Waals surface area contributed by atoms with Crippen LogP contribution in [0.15, 0.2) is 52.9 Å². The van der Waals surface area contributed by atoms with Gasteiger partial charge in [-0.15, -0.1) is 11.3 Å². The maximum atomic E-state index is 13.4. The van der Waals surface area contributed by atoms with Crippen LogP contribution in [0.25, 0.3) is 21.3 Å². The maximum absolute atomic E-state index is 13.4. The monoisotopic (exact) mass is 447 g/mol. The largest absolute Gasteiger partial charge is 0.497 e. The fraction of sp³-hybridized carbons (Fsp3) is 0.240. The van der Waals surface area contributed by atoms with Crippen molar-refractivity contribution in [3.63, 3.8) is 0 Å². The Balaban J connectivity index is 1.70. The number of anilines is 1. The van der Waals surface area contributed by atoms with Crippen LogP contribution in [0.2, 0.25) is 0 Å². The molecule has 0 saturated heterocycles. The third kappa shape index (κ3) is 3.91. The number of carbonyl (C=O) groups is 1. The van der Waals surface area contributed by atoms with Gasteiger partial charge in [-0.2, -0.15) is 0 Å². The molecule has 7 heteroatoms. The molecule has 164 valence electrons. The first-order valence-electron chi connectivity index (χ1n) is 10.3. The van der Waals surface area contributed by atoms with E-state index >= 15 is 0 Å². The summed E-state index contributed by atoms with van der Waals surface area (Å²) in [6.45, 7) is 7.66. The van der Waals surface area contributed by atoms with Crippen molar-refractivity contribution in [1.29, 1.82) is 0 Å². The SMILES string of the molecule is COc1ccc(-c2csc3ncn(C(C)C(=O)Nc4c(C)cc(C)cc4C)c(=O)c23)cc1. The van der Waals surface area contributed by atoms with Gasteiger partial charge < -0.3 is 10.1 Å². The number of nitrogens with one attached hydrogen (secondary N) is 1. The quantitative estimate of drug-likeness (QED) is 0.453. The molecule has 2 aromatic heterocycles. The fourth-order valence-electron chi connectivity index (χ4n) is 3.94. The normalized spacial score (nSPS) is 12.0. The van der Waals surface area contributed by atoms with Crippen LogP contribution in [0.4, 0.5) is 5.69 Å². The number of fused-ring (bicyclic) bond motifs is 1. The number of nitrogens with zero attached hydrogens (tertiary/aromatic N) is 2. The molecule has 0 spiro atoms. The van der Waals surface area contributed by atoms with E-state index in [-0.39, 0.29) is 11.5 Å². The predicted octanol–water partition coefficient (Wildman–Crippen LogP) is 5.26. The molecule has 0 saturated carbocycles. The summed E-state index contributed by atoms with van der Waals surface area (Å²) >= 11 is 1.41. The number of hydrogen-bond donors (Lipinski definition) is 1. The summed E-state index contributed by atoms with van der Waals surface area (Å²) in [5.74, 6) is 0.486. The molecule has 4 rings (SSSR count).